The molecule has 2 atom stereocenters. The molecule has 3 rings (SSSR count). The maximum absolute atomic E-state index is 14.1. The van der Waals surface area contributed by atoms with Crippen molar-refractivity contribution in [1.82, 2.24) is 15.1 Å². The van der Waals surface area contributed by atoms with E-state index in [1.54, 1.807) is 32.9 Å². The molecule has 1 aliphatic heterocycles. The lowest BCUT2D eigenvalue weighted by molar-refractivity contribution is -0.0398. The zero-order chi connectivity index (χ0) is 22.1. The standard InChI is InChI=1S/C22H29FN4O3/c1-6-17-13(2)19(26-25-17)20(28)24-15-9-7-14(8-10-15)11-18-16(23)12-27(18)21(29)30-22(3,4)5/h7-10,16,18H,6,11-12H2,1-5H3,(H,24,28)(H,25,26). The number of aromatic amines is 1. The number of halogens is 1. The third-order valence-corrected chi connectivity index (χ3v) is 5.15. The van der Waals surface area contributed by atoms with Gasteiger partial charge in [0, 0.05) is 16.9 Å². The van der Waals surface area contributed by atoms with E-state index in [9.17, 15) is 14.0 Å². The molecular formula is C22H29FN4O3. The van der Waals surface area contributed by atoms with E-state index in [2.05, 4.69) is 15.5 Å². The molecule has 1 aliphatic rings. The van der Waals surface area contributed by atoms with Gasteiger partial charge in [-0.3, -0.25) is 14.8 Å². The number of nitrogens with one attached hydrogen (secondary N) is 2. The molecule has 2 N–H and O–H groups in total. The van der Waals surface area contributed by atoms with Gasteiger partial charge >= 0.3 is 6.09 Å². The molecule has 30 heavy (non-hydrogen) atoms. The van der Waals surface area contributed by atoms with Crippen molar-refractivity contribution >= 4 is 17.7 Å². The van der Waals surface area contributed by atoms with Gasteiger partial charge in [0.25, 0.3) is 5.91 Å². The van der Waals surface area contributed by atoms with Crippen molar-refractivity contribution in [2.75, 3.05) is 11.9 Å². The molecule has 0 saturated carbocycles. The quantitative estimate of drug-likeness (QED) is 0.770. The number of likely N-dealkylation sites (tertiary alicyclic amines) is 1. The largest absolute Gasteiger partial charge is 0.444 e. The van der Waals surface area contributed by atoms with Gasteiger partial charge in [-0.25, -0.2) is 9.18 Å². The van der Waals surface area contributed by atoms with Gasteiger partial charge in [0.1, 0.15) is 11.8 Å². The van der Waals surface area contributed by atoms with E-state index in [0.717, 1.165) is 23.2 Å². The second-order valence-electron chi connectivity index (χ2n) is 8.60. The Morgan fingerprint density at radius 1 is 1.30 bits per heavy atom. The van der Waals surface area contributed by atoms with Gasteiger partial charge in [-0.05, 0) is 58.2 Å². The van der Waals surface area contributed by atoms with E-state index < -0.39 is 23.9 Å². The summed E-state index contributed by atoms with van der Waals surface area (Å²) in [6.07, 6.45) is -0.413. The topological polar surface area (TPSA) is 87.3 Å². The summed E-state index contributed by atoms with van der Waals surface area (Å²) in [4.78, 5) is 26.1. The van der Waals surface area contributed by atoms with E-state index in [1.165, 1.54) is 4.90 Å². The molecule has 2 aromatic rings. The Morgan fingerprint density at radius 3 is 2.50 bits per heavy atom. The van der Waals surface area contributed by atoms with Gasteiger partial charge in [0.2, 0.25) is 0 Å². The molecule has 8 heteroatoms. The molecule has 2 amide bonds. The van der Waals surface area contributed by atoms with E-state index in [0.29, 0.717) is 17.8 Å². The molecule has 1 fully saturated rings. The summed E-state index contributed by atoms with van der Waals surface area (Å²) in [6, 6.07) is 6.63. The molecule has 7 nitrogen and oxygen atoms in total. The molecule has 1 aromatic heterocycles. The van der Waals surface area contributed by atoms with Gasteiger partial charge in [-0.1, -0.05) is 19.1 Å². The zero-order valence-electron chi connectivity index (χ0n) is 18.1. The first-order valence-corrected chi connectivity index (χ1v) is 10.2. The van der Waals surface area contributed by atoms with Crippen molar-refractivity contribution in [1.29, 1.82) is 0 Å². The second kappa shape index (κ2) is 8.45. The van der Waals surface area contributed by atoms with Crippen LogP contribution >= 0.6 is 0 Å². The summed E-state index contributed by atoms with van der Waals surface area (Å²) >= 11 is 0. The predicted octanol–water partition coefficient (Wildman–Crippen LogP) is 4.03. The summed E-state index contributed by atoms with van der Waals surface area (Å²) in [5, 5.41) is 9.79. The number of benzene rings is 1. The Kier molecular flexibility index (Phi) is 6.14. The Morgan fingerprint density at radius 2 is 1.97 bits per heavy atom. The number of aryl methyl sites for hydroxylation is 1. The Bertz CT molecular complexity index is 917. The van der Waals surface area contributed by atoms with Crippen molar-refractivity contribution in [3.8, 4) is 0 Å². The van der Waals surface area contributed by atoms with Gasteiger partial charge in [-0.2, -0.15) is 5.10 Å². The highest BCUT2D eigenvalue weighted by atomic mass is 19.1. The summed E-state index contributed by atoms with van der Waals surface area (Å²) < 4.78 is 19.4. The summed E-state index contributed by atoms with van der Waals surface area (Å²) in [6.45, 7) is 9.27. The molecule has 0 bridgehead atoms. The lowest BCUT2D eigenvalue weighted by atomic mass is 9.94. The maximum Gasteiger partial charge on any atom is 0.410 e. The van der Waals surface area contributed by atoms with Crippen LogP contribution in [-0.2, 0) is 17.6 Å². The van der Waals surface area contributed by atoms with Crippen LogP contribution in [0.4, 0.5) is 14.9 Å². The van der Waals surface area contributed by atoms with Crippen LogP contribution < -0.4 is 5.32 Å². The SMILES string of the molecule is CCc1[nH]nc(C(=O)Nc2ccc(CC3C(F)CN3C(=O)OC(C)(C)C)cc2)c1C. The molecule has 0 radical (unpaired) electrons. The molecule has 162 valence electrons. The number of alkyl halides is 1. The summed E-state index contributed by atoms with van der Waals surface area (Å²) in [5.74, 6) is -0.282. The van der Waals surface area contributed by atoms with Crippen molar-refractivity contribution < 1.29 is 18.7 Å². The lowest BCUT2D eigenvalue weighted by Gasteiger charge is -2.44. The van der Waals surface area contributed by atoms with E-state index >= 15 is 0 Å². The van der Waals surface area contributed by atoms with Crippen LogP contribution in [0.2, 0.25) is 0 Å². The van der Waals surface area contributed by atoms with E-state index in [4.69, 9.17) is 4.74 Å². The third kappa shape index (κ3) is 4.80. The van der Waals surface area contributed by atoms with Gasteiger partial charge in [0.15, 0.2) is 5.69 Å². The highest BCUT2D eigenvalue weighted by Gasteiger charge is 2.44. The summed E-state index contributed by atoms with van der Waals surface area (Å²) in [5.41, 5.74) is 3.03. The Hall–Kier alpha value is -2.90. The number of hydrogen-bond donors (Lipinski definition) is 2. The molecule has 2 heterocycles. The first-order chi connectivity index (χ1) is 14.1. The summed E-state index contributed by atoms with van der Waals surface area (Å²) in [7, 11) is 0. The maximum atomic E-state index is 14.1. The monoisotopic (exact) mass is 416 g/mol. The van der Waals surface area contributed by atoms with Crippen LogP contribution in [0.15, 0.2) is 24.3 Å². The first kappa shape index (κ1) is 21.8. The van der Waals surface area contributed by atoms with Crippen LogP contribution in [0.3, 0.4) is 0 Å². The van der Waals surface area contributed by atoms with Gasteiger partial charge in [0.05, 0.1) is 12.6 Å². The smallest absolute Gasteiger partial charge is 0.410 e. The Balaban J connectivity index is 1.60. The average molecular weight is 416 g/mol. The van der Waals surface area contributed by atoms with Crippen LogP contribution in [0.25, 0.3) is 0 Å². The minimum absolute atomic E-state index is 0.0521. The molecule has 0 aliphatic carbocycles. The van der Waals surface area contributed by atoms with Gasteiger partial charge < -0.3 is 10.1 Å². The zero-order valence-corrected chi connectivity index (χ0v) is 18.1. The minimum Gasteiger partial charge on any atom is -0.444 e. The number of carbonyl (C=O) groups is 2. The fraction of sp³-hybridized carbons (Fsp3) is 0.500. The van der Waals surface area contributed by atoms with E-state index in [-0.39, 0.29) is 12.5 Å². The lowest BCUT2D eigenvalue weighted by Crippen LogP contribution is -2.62. The van der Waals surface area contributed by atoms with Crippen molar-refractivity contribution in [3.63, 3.8) is 0 Å². The van der Waals surface area contributed by atoms with E-state index in [1.807, 2.05) is 26.0 Å². The Labute approximate surface area is 176 Å². The molecule has 2 unspecified atom stereocenters. The number of H-pyrrole nitrogens is 1. The van der Waals surface area contributed by atoms with Crippen molar-refractivity contribution in [2.45, 2.75) is 65.3 Å². The van der Waals surface area contributed by atoms with Crippen molar-refractivity contribution in [3.05, 3.63) is 46.8 Å². The number of carbonyl (C=O) groups excluding carboxylic acids is 2. The van der Waals surface area contributed by atoms with Crippen LogP contribution in [0, 0.1) is 6.92 Å². The minimum atomic E-state index is -1.08. The number of rotatable bonds is 5. The molecule has 0 spiro atoms. The van der Waals surface area contributed by atoms with Crippen molar-refractivity contribution in [2.24, 2.45) is 0 Å². The van der Waals surface area contributed by atoms with Gasteiger partial charge in [-0.15, -0.1) is 0 Å². The first-order valence-electron chi connectivity index (χ1n) is 10.2. The number of ether oxygens (including phenoxy) is 1. The number of anilines is 1. The number of amides is 2. The fourth-order valence-electron chi connectivity index (χ4n) is 3.43. The number of aromatic nitrogens is 2. The van der Waals surface area contributed by atoms with Crippen LogP contribution in [0.1, 0.15) is 55.0 Å². The predicted molar refractivity (Wildman–Crippen MR) is 112 cm³/mol. The number of hydrogen-bond acceptors (Lipinski definition) is 4. The third-order valence-electron chi connectivity index (χ3n) is 5.15. The second-order valence-corrected chi connectivity index (χ2v) is 8.60. The molecular weight excluding hydrogens is 387 g/mol. The normalized spacial score (nSPS) is 18.7. The fourth-order valence-corrected chi connectivity index (χ4v) is 3.43. The number of nitrogens with zero attached hydrogens (tertiary/aromatic N) is 2. The highest BCUT2D eigenvalue weighted by molar-refractivity contribution is 6.03. The average Bonchev–Trinajstić information content (AvgIpc) is 3.04. The molecule has 1 aromatic carbocycles. The highest BCUT2D eigenvalue weighted by Crippen LogP contribution is 2.27. The van der Waals surface area contributed by atoms with Crippen LogP contribution in [0.5, 0.6) is 0 Å². The van der Waals surface area contributed by atoms with Crippen LogP contribution in [-0.4, -0.2) is 51.5 Å². The molecule has 1 saturated heterocycles.